The van der Waals surface area contributed by atoms with Crippen molar-refractivity contribution >= 4 is 57.0 Å². The number of halogens is 1. The summed E-state index contributed by atoms with van der Waals surface area (Å²) in [6.07, 6.45) is 2.64. The second kappa shape index (κ2) is 9.02. The van der Waals surface area contributed by atoms with Gasteiger partial charge in [-0.15, -0.1) is 0 Å². The molecule has 10 nitrogen and oxygen atoms in total. The zero-order chi connectivity index (χ0) is 25.8. The van der Waals surface area contributed by atoms with Crippen LogP contribution in [0.2, 0.25) is 5.15 Å². The van der Waals surface area contributed by atoms with Crippen LogP contribution in [0.15, 0.2) is 48.7 Å². The quantitative estimate of drug-likeness (QED) is 0.337. The van der Waals surface area contributed by atoms with Crippen molar-refractivity contribution in [3.8, 4) is 0 Å². The number of carbonyl (C=O) groups is 2. The Hall–Kier alpha value is -3.67. The summed E-state index contributed by atoms with van der Waals surface area (Å²) in [5.41, 5.74) is 4.59. The number of benzene rings is 2. The van der Waals surface area contributed by atoms with E-state index in [4.69, 9.17) is 11.6 Å². The summed E-state index contributed by atoms with van der Waals surface area (Å²) in [5.74, 6) is -0.566. The number of H-pyrrole nitrogens is 1. The van der Waals surface area contributed by atoms with E-state index in [9.17, 15) is 18.4 Å². The number of carbonyl (C=O) groups excluding carboxylic acids is 2. The first-order valence-corrected chi connectivity index (χ1v) is 13.2. The minimum Gasteiger partial charge on any atom is -0.361 e. The van der Waals surface area contributed by atoms with Gasteiger partial charge >= 0.3 is 0 Å². The summed E-state index contributed by atoms with van der Waals surface area (Å²) in [6.45, 7) is 0.781. The van der Waals surface area contributed by atoms with E-state index in [1.165, 1.54) is 4.90 Å². The van der Waals surface area contributed by atoms with Crippen LogP contribution in [0.3, 0.4) is 0 Å². The normalized spacial score (nSPS) is 18.2. The molecule has 190 valence electrons. The van der Waals surface area contributed by atoms with Crippen LogP contribution in [0.4, 0.5) is 11.4 Å². The second-order valence-electron chi connectivity index (χ2n) is 9.21. The van der Waals surface area contributed by atoms with Gasteiger partial charge in [0.05, 0.1) is 17.9 Å². The highest BCUT2D eigenvalue weighted by Gasteiger charge is 2.40. The fourth-order valence-corrected chi connectivity index (χ4v) is 5.88. The third-order valence-corrected chi connectivity index (χ3v) is 7.87. The van der Waals surface area contributed by atoms with Gasteiger partial charge in [0.1, 0.15) is 11.2 Å². The average Bonchev–Trinajstić information content (AvgIpc) is 3.40. The molecule has 0 bridgehead atoms. The van der Waals surface area contributed by atoms with Gasteiger partial charge in [-0.1, -0.05) is 41.9 Å². The Balaban J connectivity index is 1.33. The molecule has 3 N–H and O–H groups in total. The summed E-state index contributed by atoms with van der Waals surface area (Å²) in [7, 11) is 1.65. The first-order valence-electron chi connectivity index (χ1n) is 11.7. The standard InChI is InChI=1S/C25H23ClN6O4S/c1-30-19-11-16(29-37(35)36)10-18-21(19)15(12-27-18)9-20(24(30)33)31-8-7-17-22(25(31)34)28-32(23(17)26)13-14-5-3-2-4-6-14/h2-6,10-12,20,27,29H,7-9,13H2,1H3,(H,35,36)/t20-/m0/s1. The molecule has 2 aromatic heterocycles. The summed E-state index contributed by atoms with van der Waals surface area (Å²) >= 11 is 4.37. The third kappa shape index (κ3) is 3.99. The Morgan fingerprint density at radius 3 is 2.78 bits per heavy atom. The number of aromatic nitrogens is 3. The molecule has 2 amide bonds. The Kier molecular flexibility index (Phi) is 5.78. The molecule has 12 heteroatoms. The topological polar surface area (TPSA) is 124 Å². The van der Waals surface area contributed by atoms with Crippen LogP contribution in [-0.2, 0) is 35.4 Å². The van der Waals surface area contributed by atoms with Crippen molar-refractivity contribution in [1.29, 1.82) is 0 Å². The second-order valence-corrected chi connectivity index (χ2v) is 10.3. The molecule has 2 aliphatic rings. The maximum Gasteiger partial charge on any atom is 0.275 e. The minimum absolute atomic E-state index is 0.244. The number of amides is 2. The molecule has 4 aromatic rings. The monoisotopic (exact) mass is 538 g/mol. The summed E-state index contributed by atoms with van der Waals surface area (Å²) < 4.78 is 24.7. The van der Waals surface area contributed by atoms with Crippen molar-refractivity contribution < 1.29 is 18.4 Å². The number of anilines is 2. The average molecular weight is 539 g/mol. The number of rotatable bonds is 5. The van der Waals surface area contributed by atoms with E-state index in [-0.39, 0.29) is 17.5 Å². The fraction of sp³-hybridized carbons (Fsp3) is 0.240. The maximum atomic E-state index is 13.7. The summed E-state index contributed by atoms with van der Waals surface area (Å²) in [4.78, 5) is 33.6. The highest BCUT2D eigenvalue weighted by molar-refractivity contribution is 7.80. The molecule has 2 atom stereocenters. The van der Waals surface area contributed by atoms with Gasteiger partial charge in [0, 0.05) is 42.7 Å². The molecule has 0 spiro atoms. The van der Waals surface area contributed by atoms with Crippen LogP contribution in [0.5, 0.6) is 0 Å². The molecule has 1 unspecified atom stereocenters. The van der Waals surface area contributed by atoms with E-state index in [1.807, 2.05) is 36.5 Å². The van der Waals surface area contributed by atoms with Crippen LogP contribution in [0.25, 0.3) is 10.9 Å². The molecule has 0 saturated heterocycles. The molecule has 6 rings (SSSR count). The van der Waals surface area contributed by atoms with Crippen molar-refractivity contribution in [2.45, 2.75) is 25.4 Å². The zero-order valence-corrected chi connectivity index (χ0v) is 21.3. The predicted molar refractivity (Wildman–Crippen MR) is 141 cm³/mol. The lowest BCUT2D eigenvalue weighted by Crippen LogP contribution is -2.53. The first-order chi connectivity index (χ1) is 17.8. The van der Waals surface area contributed by atoms with E-state index < -0.39 is 17.3 Å². The van der Waals surface area contributed by atoms with Gasteiger partial charge in [-0.05, 0) is 29.7 Å². The van der Waals surface area contributed by atoms with Crippen LogP contribution >= 0.6 is 11.6 Å². The molecule has 0 aliphatic carbocycles. The number of hydrogen-bond donors (Lipinski definition) is 3. The van der Waals surface area contributed by atoms with Crippen molar-refractivity contribution in [2.24, 2.45) is 0 Å². The zero-order valence-electron chi connectivity index (χ0n) is 19.8. The molecular formula is C25H23ClN6O4S. The van der Waals surface area contributed by atoms with E-state index >= 15 is 0 Å². The van der Waals surface area contributed by atoms with Crippen molar-refractivity contribution in [3.05, 3.63) is 76.2 Å². The minimum atomic E-state index is -2.26. The summed E-state index contributed by atoms with van der Waals surface area (Å²) in [5, 5.41) is 5.83. The maximum absolute atomic E-state index is 13.7. The molecule has 4 heterocycles. The van der Waals surface area contributed by atoms with Crippen LogP contribution in [-0.4, -0.2) is 59.9 Å². The van der Waals surface area contributed by atoms with E-state index in [0.29, 0.717) is 48.0 Å². The predicted octanol–water partition coefficient (Wildman–Crippen LogP) is 3.20. The SMILES string of the molecule is CN1C(=O)[C@@H](N2CCc3c(nn(Cc4ccccc4)c3Cl)C2=O)Cc2c[nH]c3cc(NS(=O)O)cc1c23. The Morgan fingerprint density at radius 1 is 1.24 bits per heavy atom. The number of nitrogens with zero attached hydrogens (tertiary/aromatic N) is 4. The lowest BCUT2D eigenvalue weighted by molar-refractivity contribution is -0.122. The molecule has 0 radical (unpaired) electrons. The number of fused-ring (bicyclic) bond motifs is 1. The van der Waals surface area contributed by atoms with Crippen molar-refractivity contribution in [1.82, 2.24) is 19.7 Å². The molecule has 37 heavy (non-hydrogen) atoms. The van der Waals surface area contributed by atoms with Crippen LogP contribution in [0, 0.1) is 0 Å². The lowest BCUT2D eigenvalue weighted by Gasteiger charge is -2.34. The van der Waals surface area contributed by atoms with Crippen molar-refractivity contribution in [2.75, 3.05) is 23.2 Å². The fourth-order valence-electron chi connectivity index (χ4n) is 5.28. The molecule has 2 aromatic carbocycles. The molecule has 0 saturated carbocycles. The van der Waals surface area contributed by atoms with Gasteiger partial charge in [0.2, 0.25) is 5.91 Å². The van der Waals surface area contributed by atoms with Crippen LogP contribution in [0.1, 0.15) is 27.2 Å². The van der Waals surface area contributed by atoms with E-state index in [2.05, 4.69) is 14.8 Å². The molecule has 0 fully saturated rings. The van der Waals surface area contributed by atoms with Gasteiger partial charge in [-0.2, -0.15) is 5.10 Å². The number of nitrogens with one attached hydrogen (secondary N) is 2. The Bertz CT molecular complexity index is 1580. The third-order valence-electron chi connectivity index (χ3n) is 7.04. The number of likely N-dealkylation sites (N-methyl/N-ethyl adjacent to an activating group) is 1. The smallest absolute Gasteiger partial charge is 0.275 e. The van der Waals surface area contributed by atoms with Gasteiger partial charge < -0.3 is 14.8 Å². The van der Waals surface area contributed by atoms with E-state index in [0.717, 1.165) is 22.0 Å². The Morgan fingerprint density at radius 2 is 2.03 bits per heavy atom. The molecular weight excluding hydrogens is 516 g/mol. The summed E-state index contributed by atoms with van der Waals surface area (Å²) in [6, 6.07) is 12.4. The van der Waals surface area contributed by atoms with Gasteiger partial charge in [0.25, 0.3) is 17.2 Å². The lowest BCUT2D eigenvalue weighted by atomic mass is 10.00. The number of aromatic amines is 1. The largest absolute Gasteiger partial charge is 0.361 e. The first kappa shape index (κ1) is 23.7. The van der Waals surface area contributed by atoms with Gasteiger partial charge in [-0.3, -0.25) is 18.9 Å². The van der Waals surface area contributed by atoms with E-state index in [1.54, 1.807) is 28.8 Å². The van der Waals surface area contributed by atoms with Crippen molar-refractivity contribution in [3.63, 3.8) is 0 Å². The molecule has 2 aliphatic heterocycles. The van der Waals surface area contributed by atoms with Gasteiger partial charge in [-0.25, -0.2) is 8.89 Å². The highest BCUT2D eigenvalue weighted by atomic mass is 35.5. The Labute approximate surface area is 219 Å². The van der Waals surface area contributed by atoms with Crippen LogP contribution < -0.4 is 9.62 Å². The number of hydrogen-bond acceptors (Lipinski definition) is 4. The highest BCUT2D eigenvalue weighted by Crippen LogP contribution is 2.38. The van der Waals surface area contributed by atoms with Gasteiger partial charge in [0.15, 0.2) is 5.69 Å².